The van der Waals surface area contributed by atoms with E-state index >= 15 is 0 Å². The molecule has 0 aromatic heterocycles. The number of nitrogens with one attached hydrogen (secondary N) is 1. The van der Waals surface area contributed by atoms with Gasteiger partial charge in [-0.05, 0) is 12.0 Å². The highest BCUT2D eigenvalue weighted by molar-refractivity contribution is 8.00. The molecule has 27 heavy (non-hydrogen) atoms. The lowest BCUT2D eigenvalue weighted by atomic mass is 9.78. The fourth-order valence-corrected chi connectivity index (χ4v) is 3.52. The Morgan fingerprint density at radius 3 is 2.11 bits per heavy atom. The number of aliphatic carboxylic acids is 1. The van der Waals surface area contributed by atoms with Crippen molar-refractivity contribution in [2.75, 3.05) is 18.1 Å². The first-order valence-electron chi connectivity index (χ1n) is 8.71. The average molecular weight is 385 g/mol. The highest BCUT2D eigenvalue weighted by atomic mass is 32.2. The Hall–Kier alpha value is -2.60. The molecule has 0 saturated carbocycles. The molecule has 0 fully saturated rings. The van der Waals surface area contributed by atoms with E-state index in [-0.39, 0.29) is 29.7 Å². The first kappa shape index (κ1) is 20.7. The second kappa shape index (κ2) is 9.92. The van der Waals surface area contributed by atoms with Crippen molar-refractivity contribution in [3.8, 4) is 0 Å². The lowest BCUT2D eigenvalue weighted by Gasteiger charge is -2.29. The van der Waals surface area contributed by atoms with E-state index < -0.39 is 11.4 Å². The van der Waals surface area contributed by atoms with Crippen LogP contribution in [0.5, 0.6) is 0 Å². The Morgan fingerprint density at radius 2 is 1.56 bits per heavy atom. The predicted octanol–water partition coefficient (Wildman–Crippen LogP) is 3.15. The molecule has 2 rings (SSSR count). The molecule has 5 nitrogen and oxygen atoms in total. The van der Waals surface area contributed by atoms with Gasteiger partial charge in [-0.2, -0.15) is 0 Å². The lowest BCUT2D eigenvalue weighted by Crippen LogP contribution is -2.46. The average Bonchev–Trinajstić information content (AvgIpc) is 2.70. The van der Waals surface area contributed by atoms with Crippen molar-refractivity contribution in [2.45, 2.75) is 18.8 Å². The Balaban J connectivity index is 1.89. The number of carboxylic acid groups (broad SMARTS) is 1. The van der Waals surface area contributed by atoms with Crippen LogP contribution in [0.15, 0.2) is 60.7 Å². The van der Waals surface area contributed by atoms with E-state index in [2.05, 4.69) is 5.32 Å². The molecule has 0 spiro atoms. The van der Waals surface area contributed by atoms with Gasteiger partial charge in [0.1, 0.15) is 5.41 Å². The van der Waals surface area contributed by atoms with Gasteiger partial charge in [-0.1, -0.05) is 67.6 Å². The maximum absolute atomic E-state index is 12.1. The summed E-state index contributed by atoms with van der Waals surface area (Å²) in [7, 11) is 0. The fourth-order valence-electron chi connectivity index (χ4n) is 2.78. The van der Waals surface area contributed by atoms with E-state index in [0.29, 0.717) is 17.5 Å². The summed E-state index contributed by atoms with van der Waals surface area (Å²) in [5.41, 5.74) is 0.110. The molecule has 0 aliphatic rings. The molecule has 6 heteroatoms. The van der Waals surface area contributed by atoms with Gasteiger partial charge in [-0.3, -0.25) is 14.4 Å². The van der Waals surface area contributed by atoms with Gasteiger partial charge in [0.25, 0.3) is 0 Å². The number of rotatable bonds is 10. The van der Waals surface area contributed by atoms with E-state index in [1.807, 2.05) is 12.1 Å². The number of carbonyl (C=O) groups is 3. The normalized spacial score (nSPS) is 12.8. The molecule has 142 valence electrons. The van der Waals surface area contributed by atoms with Crippen LogP contribution in [-0.4, -0.2) is 40.8 Å². The van der Waals surface area contributed by atoms with Gasteiger partial charge in [0, 0.05) is 12.1 Å². The number of Topliss-reactive ketones (excluding diaryl/α,β-unsaturated/α-hetero) is 1. The summed E-state index contributed by atoms with van der Waals surface area (Å²) in [6, 6.07) is 17.8. The minimum absolute atomic E-state index is 0.00880. The molecule has 2 N–H and O–H groups in total. The summed E-state index contributed by atoms with van der Waals surface area (Å²) in [4.78, 5) is 36.1. The first-order valence-corrected chi connectivity index (χ1v) is 9.86. The highest BCUT2D eigenvalue weighted by Crippen LogP contribution is 2.27. The van der Waals surface area contributed by atoms with E-state index in [1.54, 1.807) is 55.5 Å². The van der Waals surface area contributed by atoms with E-state index in [1.165, 1.54) is 11.8 Å². The SMILES string of the molecule is CCC(CNC(=O)CSCC(=O)c1ccccc1)(C(=O)O)c1ccccc1. The maximum Gasteiger partial charge on any atom is 0.315 e. The van der Waals surface area contributed by atoms with Crippen LogP contribution in [0.25, 0.3) is 0 Å². The number of benzene rings is 2. The third-order valence-electron chi connectivity index (χ3n) is 4.49. The van der Waals surface area contributed by atoms with Crippen molar-refractivity contribution in [2.24, 2.45) is 0 Å². The zero-order chi connectivity index (χ0) is 19.7. The highest BCUT2D eigenvalue weighted by Gasteiger charge is 2.38. The van der Waals surface area contributed by atoms with Crippen molar-refractivity contribution in [1.29, 1.82) is 0 Å². The molecule has 1 amide bonds. The molecule has 1 unspecified atom stereocenters. The molecule has 0 aliphatic carbocycles. The molecular weight excluding hydrogens is 362 g/mol. The number of carboxylic acids is 1. The summed E-state index contributed by atoms with van der Waals surface area (Å²) in [6.07, 6.45) is 0.353. The molecule has 0 saturated heterocycles. The second-order valence-electron chi connectivity index (χ2n) is 6.17. The lowest BCUT2D eigenvalue weighted by molar-refractivity contribution is -0.144. The van der Waals surface area contributed by atoms with E-state index in [4.69, 9.17) is 0 Å². The zero-order valence-corrected chi connectivity index (χ0v) is 16.0. The summed E-state index contributed by atoms with van der Waals surface area (Å²) >= 11 is 1.22. The Labute approximate surface area is 163 Å². The van der Waals surface area contributed by atoms with Gasteiger partial charge < -0.3 is 10.4 Å². The van der Waals surface area contributed by atoms with Crippen molar-refractivity contribution < 1.29 is 19.5 Å². The monoisotopic (exact) mass is 385 g/mol. The largest absolute Gasteiger partial charge is 0.481 e. The third-order valence-corrected chi connectivity index (χ3v) is 5.42. The van der Waals surface area contributed by atoms with Crippen molar-refractivity contribution in [3.05, 3.63) is 71.8 Å². The van der Waals surface area contributed by atoms with Gasteiger partial charge in [-0.15, -0.1) is 11.8 Å². The van der Waals surface area contributed by atoms with Crippen molar-refractivity contribution >= 4 is 29.4 Å². The Bertz CT molecular complexity index is 779. The summed E-state index contributed by atoms with van der Waals surface area (Å²) in [6.45, 7) is 1.80. The van der Waals surface area contributed by atoms with Crippen LogP contribution in [0.1, 0.15) is 29.3 Å². The molecule has 2 aromatic rings. The van der Waals surface area contributed by atoms with Crippen LogP contribution in [0.4, 0.5) is 0 Å². The quantitative estimate of drug-likeness (QED) is 0.614. The van der Waals surface area contributed by atoms with Crippen LogP contribution in [0.3, 0.4) is 0 Å². The molecule has 2 aromatic carbocycles. The number of amides is 1. The van der Waals surface area contributed by atoms with E-state index in [0.717, 1.165) is 0 Å². The number of hydrogen-bond donors (Lipinski definition) is 2. The van der Waals surface area contributed by atoms with Crippen LogP contribution in [0, 0.1) is 0 Å². The number of thioether (sulfide) groups is 1. The zero-order valence-electron chi connectivity index (χ0n) is 15.2. The van der Waals surface area contributed by atoms with Crippen LogP contribution in [-0.2, 0) is 15.0 Å². The molecular formula is C21H23NO4S. The fraction of sp³-hybridized carbons (Fsp3) is 0.286. The molecule has 1 atom stereocenters. The summed E-state index contributed by atoms with van der Waals surface area (Å²) in [5, 5.41) is 12.5. The minimum atomic E-state index is -1.17. The Morgan fingerprint density at radius 1 is 0.963 bits per heavy atom. The number of hydrogen-bond acceptors (Lipinski definition) is 4. The molecule has 0 bridgehead atoms. The van der Waals surface area contributed by atoms with Gasteiger partial charge in [-0.25, -0.2) is 0 Å². The van der Waals surface area contributed by atoms with Crippen molar-refractivity contribution in [3.63, 3.8) is 0 Å². The number of carbonyl (C=O) groups excluding carboxylic acids is 2. The summed E-state index contributed by atoms with van der Waals surface area (Å²) in [5.74, 6) is -0.980. The number of ketones is 1. The minimum Gasteiger partial charge on any atom is -0.481 e. The standard InChI is InChI=1S/C21H23NO4S/c1-2-21(20(25)26,17-11-7-4-8-12-17)15-22-19(24)14-27-13-18(23)16-9-5-3-6-10-16/h3-12H,2,13-15H2,1H3,(H,22,24)(H,25,26). The van der Waals surface area contributed by atoms with Gasteiger partial charge in [0.15, 0.2) is 5.78 Å². The smallest absolute Gasteiger partial charge is 0.315 e. The molecule has 0 radical (unpaired) electrons. The van der Waals surface area contributed by atoms with Gasteiger partial charge >= 0.3 is 5.97 Å². The predicted molar refractivity (Wildman–Crippen MR) is 107 cm³/mol. The Kier molecular flexibility index (Phi) is 7.61. The van der Waals surface area contributed by atoms with Crippen molar-refractivity contribution in [1.82, 2.24) is 5.32 Å². The van der Waals surface area contributed by atoms with Crippen LogP contribution < -0.4 is 5.32 Å². The maximum atomic E-state index is 12.1. The first-order chi connectivity index (χ1) is 13.0. The summed E-state index contributed by atoms with van der Waals surface area (Å²) < 4.78 is 0. The van der Waals surface area contributed by atoms with Crippen LogP contribution >= 0.6 is 11.8 Å². The topological polar surface area (TPSA) is 83.5 Å². The second-order valence-corrected chi connectivity index (χ2v) is 7.15. The molecule has 0 heterocycles. The van der Waals surface area contributed by atoms with Gasteiger partial charge in [0.2, 0.25) is 5.91 Å². The van der Waals surface area contributed by atoms with Crippen LogP contribution in [0.2, 0.25) is 0 Å². The third kappa shape index (κ3) is 5.44. The molecule has 0 aliphatic heterocycles. The van der Waals surface area contributed by atoms with E-state index in [9.17, 15) is 19.5 Å². The van der Waals surface area contributed by atoms with Gasteiger partial charge in [0.05, 0.1) is 11.5 Å².